The molecule has 0 N–H and O–H groups in total. The molecule has 7 heteroatoms. The van der Waals surface area contributed by atoms with Gasteiger partial charge in [0.1, 0.15) is 5.75 Å². The molecule has 2 fully saturated rings. The summed E-state index contributed by atoms with van der Waals surface area (Å²) in [7, 11) is 1.67. The Hall–Kier alpha value is -2.41. The van der Waals surface area contributed by atoms with Crippen molar-refractivity contribution in [1.29, 1.82) is 0 Å². The highest BCUT2D eigenvalue weighted by Crippen LogP contribution is 2.41. The highest BCUT2D eigenvalue weighted by Gasteiger charge is 2.44. The molecule has 1 aromatic heterocycles. The van der Waals surface area contributed by atoms with E-state index in [2.05, 4.69) is 21.1 Å². The second-order valence-corrected chi connectivity index (χ2v) is 8.01. The Kier molecular flexibility index (Phi) is 5.35. The first kappa shape index (κ1) is 18.9. The van der Waals surface area contributed by atoms with E-state index in [0.717, 1.165) is 56.0 Å². The van der Waals surface area contributed by atoms with Gasteiger partial charge in [-0.2, -0.15) is 4.98 Å². The van der Waals surface area contributed by atoms with Gasteiger partial charge in [-0.15, -0.1) is 0 Å². The van der Waals surface area contributed by atoms with E-state index >= 15 is 0 Å². The van der Waals surface area contributed by atoms with Gasteiger partial charge in [0.2, 0.25) is 11.8 Å². The van der Waals surface area contributed by atoms with E-state index in [4.69, 9.17) is 9.26 Å². The van der Waals surface area contributed by atoms with Crippen molar-refractivity contribution in [1.82, 2.24) is 19.9 Å². The van der Waals surface area contributed by atoms with Gasteiger partial charge in [0.25, 0.3) is 0 Å². The number of piperidine rings is 1. The lowest BCUT2D eigenvalue weighted by molar-refractivity contribution is -0.128. The molecule has 7 nitrogen and oxygen atoms in total. The summed E-state index contributed by atoms with van der Waals surface area (Å²) in [5.74, 6) is 2.55. The molecular weight excluding hydrogens is 356 g/mol. The molecule has 150 valence electrons. The lowest BCUT2D eigenvalue weighted by Gasteiger charge is -2.38. The third kappa shape index (κ3) is 4.04. The molecular formula is C21H28N4O3. The quantitative estimate of drug-likeness (QED) is 0.762. The van der Waals surface area contributed by atoms with Crippen molar-refractivity contribution in [2.75, 3.05) is 26.7 Å². The second-order valence-electron chi connectivity index (χ2n) is 8.01. The van der Waals surface area contributed by atoms with Gasteiger partial charge in [0, 0.05) is 25.9 Å². The van der Waals surface area contributed by atoms with Crippen molar-refractivity contribution < 1.29 is 14.1 Å². The Morgan fingerprint density at radius 3 is 2.79 bits per heavy atom. The highest BCUT2D eigenvalue weighted by molar-refractivity contribution is 5.79. The van der Waals surface area contributed by atoms with Gasteiger partial charge >= 0.3 is 0 Å². The second kappa shape index (κ2) is 7.91. The summed E-state index contributed by atoms with van der Waals surface area (Å²) in [6.45, 7) is 6.15. The van der Waals surface area contributed by atoms with Crippen LogP contribution in [-0.2, 0) is 24.3 Å². The van der Waals surface area contributed by atoms with Gasteiger partial charge in [-0.1, -0.05) is 24.2 Å². The molecule has 2 aromatic rings. The number of carbonyl (C=O) groups is 1. The summed E-state index contributed by atoms with van der Waals surface area (Å²) in [4.78, 5) is 21.4. The fourth-order valence-corrected chi connectivity index (χ4v) is 4.33. The van der Waals surface area contributed by atoms with Crippen LogP contribution < -0.4 is 4.74 Å². The fourth-order valence-electron chi connectivity index (χ4n) is 4.33. The minimum absolute atomic E-state index is 0.107. The largest absolute Gasteiger partial charge is 0.497 e. The number of likely N-dealkylation sites (tertiary alicyclic amines) is 2. The molecule has 1 amide bonds. The summed E-state index contributed by atoms with van der Waals surface area (Å²) in [5.41, 5.74) is 1.22. The van der Waals surface area contributed by atoms with Gasteiger partial charge in [0.15, 0.2) is 5.82 Å². The Labute approximate surface area is 165 Å². The highest BCUT2D eigenvalue weighted by atomic mass is 16.5. The first-order valence-electron chi connectivity index (χ1n) is 10.0. The fraction of sp³-hybridized carbons (Fsp3) is 0.571. The number of nitrogens with zero attached hydrogens (tertiary/aromatic N) is 4. The van der Waals surface area contributed by atoms with Gasteiger partial charge in [0.05, 0.1) is 13.7 Å². The lowest BCUT2D eigenvalue weighted by atomic mass is 9.77. The van der Waals surface area contributed by atoms with E-state index in [0.29, 0.717) is 25.4 Å². The van der Waals surface area contributed by atoms with Crippen molar-refractivity contribution in [2.45, 2.75) is 45.7 Å². The first-order valence-corrected chi connectivity index (χ1v) is 10.0. The Bertz CT molecular complexity index is 827. The maximum Gasteiger partial charge on any atom is 0.240 e. The minimum Gasteiger partial charge on any atom is -0.497 e. The number of amides is 1. The normalized spacial score (nSPS) is 19.5. The molecule has 0 atom stereocenters. The number of ether oxygens (including phenoxy) is 1. The third-order valence-electron chi connectivity index (χ3n) is 6.01. The third-order valence-corrected chi connectivity index (χ3v) is 6.01. The lowest BCUT2D eigenvalue weighted by Crippen LogP contribution is -2.41. The number of benzene rings is 1. The summed E-state index contributed by atoms with van der Waals surface area (Å²) in [6, 6.07) is 7.97. The molecule has 0 radical (unpaired) electrons. The van der Waals surface area contributed by atoms with Crippen molar-refractivity contribution in [2.24, 2.45) is 5.41 Å². The van der Waals surface area contributed by atoms with Gasteiger partial charge in [-0.3, -0.25) is 9.69 Å². The van der Waals surface area contributed by atoms with Crippen molar-refractivity contribution in [3.05, 3.63) is 41.5 Å². The number of methoxy groups -OCH3 is 1. The number of hydrogen-bond donors (Lipinski definition) is 0. The average Bonchev–Trinajstić information content (AvgIpc) is 3.28. The van der Waals surface area contributed by atoms with E-state index in [1.165, 1.54) is 0 Å². The van der Waals surface area contributed by atoms with Crippen molar-refractivity contribution in [3.8, 4) is 5.75 Å². The van der Waals surface area contributed by atoms with Crippen LogP contribution in [0, 0.1) is 5.41 Å². The van der Waals surface area contributed by atoms with E-state index in [1.54, 1.807) is 7.11 Å². The van der Waals surface area contributed by atoms with Gasteiger partial charge < -0.3 is 14.2 Å². The molecule has 0 aliphatic carbocycles. The smallest absolute Gasteiger partial charge is 0.240 e. The minimum atomic E-state index is 0.107. The molecule has 2 aliphatic heterocycles. The van der Waals surface area contributed by atoms with Crippen LogP contribution in [0.3, 0.4) is 0 Å². The Balaban J connectivity index is 1.33. The van der Waals surface area contributed by atoms with Crippen molar-refractivity contribution >= 4 is 5.91 Å². The summed E-state index contributed by atoms with van der Waals surface area (Å²) >= 11 is 0. The SMILES string of the molecule is CCc1noc(CN2CCC3(CC2)CC(=O)N(Cc2cccc(OC)c2)C3)n1. The molecule has 28 heavy (non-hydrogen) atoms. The maximum absolute atomic E-state index is 12.7. The van der Waals surface area contributed by atoms with E-state index in [9.17, 15) is 4.79 Å². The van der Waals surface area contributed by atoms with Crippen LogP contribution >= 0.6 is 0 Å². The molecule has 0 saturated carbocycles. The number of rotatable bonds is 6. The van der Waals surface area contributed by atoms with Crippen LogP contribution in [0.1, 0.15) is 43.5 Å². The average molecular weight is 384 g/mol. The summed E-state index contributed by atoms with van der Waals surface area (Å²) in [6.07, 6.45) is 3.51. The summed E-state index contributed by atoms with van der Waals surface area (Å²) < 4.78 is 10.6. The van der Waals surface area contributed by atoms with Crippen LogP contribution in [0.15, 0.2) is 28.8 Å². The van der Waals surface area contributed by atoms with Crippen LogP contribution in [0.5, 0.6) is 5.75 Å². The van der Waals surface area contributed by atoms with Gasteiger partial charge in [-0.25, -0.2) is 0 Å². The zero-order valence-corrected chi connectivity index (χ0v) is 16.7. The molecule has 2 saturated heterocycles. The predicted molar refractivity (Wildman–Crippen MR) is 104 cm³/mol. The molecule has 1 spiro atoms. The first-order chi connectivity index (χ1) is 13.6. The topological polar surface area (TPSA) is 71.7 Å². The Morgan fingerprint density at radius 2 is 2.07 bits per heavy atom. The van der Waals surface area contributed by atoms with E-state index in [-0.39, 0.29) is 11.3 Å². The van der Waals surface area contributed by atoms with Crippen molar-refractivity contribution in [3.63, 3.8) is 0 Å². The molecule has 0 bridgehead atoms. The number of aromatic nitrogens is 2. The molecule has 2 aliphatic rings. The van der Waals surface area contributed by atoms with Gasteiger partial charge in [-0.05, 0) is 49.0 Å². The molecule has 0 unspecified atom stereocenters. The van der Waals surface area contributed by atoms with E-state index in [1.807, 2.05) is 30.0 Å². The van der Waals surface area contributed by atoms with Crippen LogP contribution in [-0.4, -0.2) is 52.6 Å². The van der Waals surface area contributed by atoms with Crippen LogP contribution in [0.2, 0.25) is 0 Å². The summed E-state index contributed by atoms with van der Waals surface area (Å²) in [5, 5.41) is 3.97. The van der Waals surface area contributed by atoms with E-state index < -0.39 is 0 Å². The molecule has 1 aromatic carbocycles. The molecule has 4 rings (SSSR count). The van der Waals surface area contributed by atoms with Crippen LogP contribution in [0.25, 0.3) is 0 Å². The zero-order chi connectivity index (χ0) is 19.6. The standard InChI is InChI=1S/C21H28N4O3/c1-3-18-22-19(28-23-18)14-24-9-7-21(8-10-24)12-20(26)25(15-21)13-16-5-4-6-17(11-16)27-2/h4-6,11H,3,7-10,12-15H2,1-2H3. The van der Waals surface area contributed by atoms with Crippen LogP contribution in [0.4, 0.5) is 0 Å². The zero-order valence-electron chi connectivity index (χ0n) is 16.7. The number of carbonyl (C=O) groups excluding carboxylic acids is 1. The predicted octanol–water partition coefficient (Wildman–Crippen LogP) is 2.66. The monoisotopic (exact) mass is 384 g/mol. The maximum atomic E-state index is 12.7. The Morgan fingerprint density at radius 1 is 1.25 bits per heavy atom. The number of aryl methyl sites for hydroxylation is 1. The molecule has 3 heterocycles. The number of hydrogen-bond acceptors (Lipinski definition) is 6.